The van der Waals surface area contributed by atoms with Gasteiger partial charge in [0.1, 0.15) is 11.6 Å². The molecule has 0 saturated carbocycles. The van der Waals surface area contributed by atoms with Gasteiger partial charge in [-0.15, -0.1) is 5.10 Å². The van der Waals surface area contributed by atoms with Gasteiger partial charge in [0.15, 0.2) is 11.5 Å². The van der Waals surface area contributed by atoms with E-state index in [1.165, 1.54) is 28.9 Å². The van der Waals surface area contributed by atoms with Crippen LogP contribution in [0.2, 0.25) is 0 Å². The van der Waals surface area contributed by atoms with Gasteiger partial charge in [0.25, 0.3) is 5.56 Å². The van der Waals surface area contributed by atoms with Crippen LogP contribution in [0.5, 0.6) is 0 Å². The van der Waals surface area contributed by atoms with Crippen molar-refractivity contribution in [1.29, 1.82) is 0 Å². The highest BCUT2D eigenvalue weighted by molar-refractivity contribution is 5.86. The fourth-order valence-corrected chi connectivity index (χ4v) is 3.16. The third-order valence-electron chi connectivity index (χ3n) is 4.61. The number of fused-ring (bicyclic) bond motifs is 2. The number of pyridine rings is 2. The molecule has 4 aromatic rings. The molecule has 7 heteroatoms. The summed E-state index contributed by atoms with van der Waals surface area (Å²) in [6.07, 6.45) is 6.17. The second kappa shape index (κ2) is 6.90. The maximum Gasteiger partial charge on any atom is 0.258 e. The molecule has 0 atom stereocenters. The van der Waals surface area contributed by atoms with Crippen LogP contribution in [0.25, 0.3) is 27.8 Å². The second-order valence-electron chi connectivity index (χ2n) is 6.52. The molecule has 5 nitrogen and oxygen atoms in total. The van der Waals surface area contributed by atoms with Crippen molar-refractivity contribution in [2.24, 2.45) is 0 Å². The molecule has 0 aliphatic carbocycles. The average molecular weight is 368 g/mol. The number of aromatic nitrogens is 4. The van der Waals surface area contributed by atoms with Gasteiger partial charge in [0.2, 0.25) is 0 Å². The fourth-order valence-electron chi connectivity index (χ4n) is 3.16. The van der Waals surface area contributed by atoms with Gasteiger partial charge in [-0.05, 0) is 36.1 Å². The Balaban J connectivity index is 1.79. The predicted molar refractivity (Wildman–Crippen MR) is 99.6 cm³/mol. The molecular formula is C20H18F2N4O. The quantitative estimate of drug-likeness (QED) is 0.497. The smallest absolute Gasteiger partial charge is 0.258 e. The molecule has 3 heterocycles. The molecular weight excluding hydrogens is 350 g/mol. The topological polar surface area (TPSA) is 52.2 Å². The summed E-state index contributed by atoms with van der Waals surface area (Å²) in [5.74, 6) is -0.876. The molecule has 0 fully saturated rings. The fraction of sp³-hybridized carbons (Fsp3) is 0.250. The highest BCUT2D eigenvalue weighted by Crippen LogP contribution is 2.25. The number of benzene rings is 1. The molecule has 0 N–H and O–H groups in total. The number of halogens is 2. The highest BCUT2D eigenvalue weighted by atomic mass is 19.1. The molecule has 0 aliphatic rings. The lowest BCUT2D eigenvalue weighted by atomic mass is 10.1. The molecule has 1 aromatic carbocycles. The highest BCUT2D eigenvalue weighted by Gasteiger charge is 2.15. The number of hydrogen-bond acceptors (Lipinski definition) is 3. The van der Waals surface area contributed by atoms with E-state index >= 15 is 0 Å². The maximum absolute atomic E-state index is 14.7. The number of hydrogen-bond donors (Lipinski definition) is 0. The minimum atomic E-state index is -0.581. The van der Waals surface area contributed by atoms with Gasteiger partial charge in [-0.3, -0.25) is 4.79 Å². The number of unbranched alkanes of at least 4 members (excludes halogenated alkanes) is 2. The molecule has 0 spiro atoms. The van der Waals surface area contributed by atoms with Crippen LogP contribution in [0.3, 0.4) is 0 Å². The monoisotopic (exact) mass is 368 g/mol. The summed E-state index contributed by atoms with van der Waals surface area (Å²) in [7, 11) is 0. The zero-order valence-electron chi connectivity index (χ0n) is 14.8. The Morgan fingerprint density at radius 2 is 1.93 bits per heavy atom. The summed E-state index contributed by atoms with van der Waals surface area (Å²) < 4.78 is 31.1. The van der Waals surface area contributed by atoms with E-state index in [0.717, 1.165) is 19.3 Å². The van der Waals surface area contributed by atoms with E-state index in [1.54, 1.807) is 22.9 Å². The van der Waals surface area contributed by atoms with E-state index < -0.39 is 11.6 Å². The number of rotatable bonds is 5. The summed E-state index contributed by atoms with van der Waals surface area (Å²) in [5, 5.41) is 5.14. The first kappa shape index (κ1) is 17.3. The first-order valence-electron chi connectivity index (χ1n) is 8.92. The molecule has 27 heavy (non-hydrogen) atoms. The van der Waals surface area contributed by atoms with Crippen molar-refractivity contribution in [2.75, 3.05) is 0 Å². The standard InChI is InChI=1S/C20H18F2N4O/c1-2-3-4-7-25-8-5-13-10-16(17(22)12-15(13)20(25)27)19-23-18-11-14(21)6-9-26(18)24-19/h5-6,8-12H,2-4,7H2,1H3. The van der Waals surface area contributed by atoms with Crippen LogP contribution in [0.15, 0.2) is 47.5 Å². The van der Waals surface area contributed by atoms with Crippen LogP contribution in [-0.4, -0.2) is 19.2 Å². The lowest BCUT2D eigenvalue weighted by molar-refractivity contribution is 0.590. The largest absolute Gasteiger partial charge is 0.315 e. The molecule has 0 bridgehead atoms. The van der Waals surface area contributed by atoms with E-state index in [2.05, 4.69) is 17.0 Å². The van der Waals surface area contributed by atoms with Gasteiger partial charge in [-0.1, -0.05) is 19.8 Å². The molecule has 0 aliphatic heterocycles. The Hall–Kier alpha value is -3.09. The third kappa shape index (κ3) is 3.20. The van der Waals surface area contributed by atoms with Crippen molar-refractivity contribution in [1.82, 2.24) is 19.2 Å². The Bertz CT molecular complexity index is 1200. The molecule has 3 aromatic heterocycles. The van der Waals surface area contributed by atoms with Crippen LogP contribution in [-0.2, 0) is 6.54 Å². The van der Waals surface area contributed by atoms with E-state index in [4.69, 9.17) is 0 Å². The van der Waals surface area contributed by atoms with Crippen LogP contribution < -0.4 is 5.56 Å². The Morgan fingerprint density at radius 3 is 2.74 bits per heavy atom. The van der Waals surface area contributed by atoms with Crippen molar-refractivity contribution >= 4 is 16.4 Å². The van der Waals surface area contributed by atoms with Gasteiger partial charge in [-0.25, -0.2) is 18.3 Å². The predicted octanol–water partition coefficient (Wildman–Crippen LogP) is 4.18. The first-order valence-corrected chi connectivity index (χ1v) is 8.92. The molecule has 0 unspecified atom stereocenters. The average Bonchev–Trinajstić information content (AvgIpc) is 3.06. The normalized spacial score (nSPS) is 11.5. The maximum atomic E-state index is 14.7. The number of nitrogens with zero attached hydrogens (tertiary/aromatic N) is 4. The van der Waals surface area contributed by atoms with E-state index in [-0.39, 0.29) is 22.6 Å². The number of aryl methyl sites for hydroxylation is 1. The first-order chi connectivity index (χ1) is 13.1. The molecule has 0 amide bonds. The third-order valence-corrected chi connectivity index (χ3v) is 4.61. The van der Waals surface area contributed by atoms with E-state index in [0.29, 0.717) is 17.3 Å². The van der Waals surface area contributed by atoms with Gasteiger partial charge < -0.3 is 4.57 Å². The van der Waals surface area contributed by atoms with Crippen molar-refractivity contribution < 1.29 is 8.78 Å². The van der Waals surface area contributed by atoms with Crippen LogP contribution in [0.4, 0.5) is 8.78 Å². The lowest BCUT2D eigenvalue weighted by Crippen LogP contribution is -2.19. The molecule has 0 saturated heterocycles. The summed E-state index contributed by atoms with van der Waals surface area (Å²) in [5.41, 5.74) is 0.254. The zero-order valence-corrected chi connectivity index (χ0v) is 14.8. The summed E-state index contributed by atoms with van der Waals surface area (Å²) in [6, 6.07) is 7.07. The van der Waals surface area contributed by atoms with E-state index in [1.807, 2.05) is 0 Å². The molecule has 0 radical (unpaired) electrons. The lowest BCUT2D eigenvalue weighted by Gasteiger charge is -2.08. The molecule has 138 valence electrons. The van der Waals surface area contributed by atoms with Crippen molar-refractivity contribution in [3.63, 3.8) is 0 Å². The Labute approximate surface area is 153 Å². The van der Waals surface area contributed by atoms with Gasteiger partial charge in [-0.2, -0.15) is 0 Å². The van der Waals surface area contributed by atoms with Gasteiger partial charge in [0, 0.05) is 25.0 Å². The SMILES string of the molecule is CCCCCn1ccc2cc(-c3nc4cc(F)ccn4n3)c(F)cc2c1=O. The van der Waals surface area contributed by atoms with Gasteiger partial charge in [0.05, 0.1) is 10.9 Å². The van der Waals surface area contributed by atoms with E-state index in [9.17, 15) is 13.6 Å². The minimum absolute atomic E-state index is 0.145. The molecule has 4 rings (SSSR count). The zero-order chi connectivity index (χ0) is 19.0. The van der Waals surface area contributed by atoms with Crippen molar-refractivity contribution in [3.05, 3.63) is 64.7 Å². The Morgan fingerprint density at radius 1 is 1.07 bits per heavy atom. The summed E-state index contributed by atoms with van der Waals surface area (Å²) in [6.45, 7) is 2.72. The Kier molecular flexibility index (Phi) is 4.43. The summed E-state index contributed by atoms with van der Waals surface area (Å²) >= 11 is 0. The van der Waals surface area contributed by atoms with Gasteiger partial charge >= 0.3 is 0 Å². The minimum Gasteiger partial charge on any atom is -0.315 e. The summed E-state index contributed by atoms with van der Waals surface area (Å²) in [4.78, 5) is 16.8. The van der Waals surface area contributed by atoms with Crippen LogP contribution in [0.1, 0.15) is 26.2 Å². The van der Waals surface area contributed by atoms with Crippen LogP contribution in [0, 0.1) is 11.6 Å². The van der Waals surface area contributed by atoms with Crippen molar-refractivity contribution in [2.45, 2.75) is 32.7 Å². The van der Waals surface area contributed by atoms with Crippen molar-refractivity contribution in [3.8, 4) is 11.4 Å². The second-order valence-corrected chi connectivity index (χ2v) is 6.52. The van der Waals surface area contributed by atoms with Crippen LogP contribution >= 0.6 is 0 Å².